The summed E-state index contributed by atoms with van der Waals surface area (Å²) in [6, 6.07) is 10.2. The second-order valence-corrected chi connectivity index (χ2v) is 9.13. The van der Waals surface area contributed by atoms with Crippen molar-refractivity contribution in [2.45, 2.75) is 25.9 Å². The Morgan fingerprint density at radius 3 is 1.92 bits per heavy atom. The van der Waals surface area contributed by atoms with E-state index in [-0.39, 0.29) is 11.3 Å². The minimum Gasteiger partial charge on any atom is -0.496 e. The molecule has 0 aliphatic heterocycles. The summed E-state index contributed by atoms with van der Waals surface area (Å²) in [6.07, 6.45) is 0. The molecular formula is C20H24O5P. The Kier molecular flexibility index (Phi) is 6.04. The van der Waals surface area contributed by atoms with E-state index >= 15 is 0 Å². The summed E-state index contributed by atoms with van der Waals surface area (Å²) >= 11 is 0. The lowest BCUT2D eigenvalue weighted by Gasteiger charge is -2.20. The fourth-order valence-electron chi connectivity index (χ4n) is 2.57. The molecule has 0 bridgehead atoms. The maximum absolute atomic E-state index is 13.3. The van der Waals surface area contributed by atoms with Crippen LogP contribution in [0.1, 0.15) is 36.7 Å². The Hall–Kier alpha value is -2.39. The molecule has 5 nitrogen and oxygen atoms in total. The maximum Gasteiger partial charge on any atom is 0.201 e. The molecule has 26 heavy (non-hydrogen) atoms. The quantitative estimate of drug-likeness (QED) is 0.559. The van der Waals surface area contributed by atoms with Crippen LogP contribution in [0.4, 0.5) is 0 Å². The zero-order valence-corrected chi connectivity index (χ0v) is 16.8. The van der Waals surface area contributed by atoms with Crippen molar-refractivity contribution in [3.8, 4) is 17.2 Å². The molecule has 0 saturated heterocycles. The molecule has 0 fully saturated rings. The molecule has 0 amide bonds. The number of ketones is 1. The zero-order chi connectivity index (χ0) is 19.5. The van der Waals surface area contributed by atoms with Gasteiger partial charge in [0.1, 0.15) is 30.6 Å². The largest absolute Gasteiger partial charge is 0.496 e. The molecular weight excluding hydrogens is 351 g/mol. The minimum atomic E-state index is -1.77. The summed E-state index contributed by atoms with van der Waals surface area (Å²) in [7, 11) is 2.71. The van der Waals surface area contributed by atoms with Crippen LogP contribution in [0.5, 0.6) is 17.2 Å². The molecule has 2 aromatic rings. The SMILES string of the molecule is COc1cc(OC)c(C(=O)c2ccccc2[P](=O)C(C)(C)C)c(OC)c1. The summed E-state index contributed by atoms with van der Waals surface area (Å²) in [4.78, 5) is 13.3. The summed E-state index contributed by atoms with van der Waals surface area (Å²) in [5.41, 5.74) is 0.658. The van der Waals surface area contributed by atoms with Gasteiger partial charge in [0.05, 0.1) is 21.3 Å². The topological polar surface area (TPSA) is 61.8 Å². The number of benzene rings is 2. The molecule has 1 unspecified atom stereocenters. The van der Waals surface area contributed by atoms with Crippen LogP contribution in [0.2, 0.25) is 0 Å². The number of ether oxygens (including phenoxy) is 3. The molecule has 0 aliphatic carbocycles. The Morgan fingerprint density at radius 2 is 1.46 bits per heavy atom. The lowest BCUT2D eigenvalue weighted by molar-refractivity contribution is 0.103. The van der Waals surface area contributed by atoms with Crippen LogP contribution < -0.4 is 19.5 Å². The first-order valence-electron chi connectivity index (χ1n) is 8.15. The standard InChI is InChI=1S/C20H24O5P/c1-20(2,3)26(22)17-10-8-7-9-14(17)19(21)18-15(24-5)11-13(23-4)12-16(18)25-6/h7-12H,1-6H3. The van der Waals surface area contributed by atoms with Gasteiger partial charge in [-0.05, 0) is 32.9 Å². The van der Waals surface area contributed by atoms with E-state index in [1.807, 2.05) is 20.8 Å². The van der Waals surface area contributed by atoms with Crippen molar-refractivity contribution in [2.75, 3.05) is 21.3 Å². The number of carbonyl (C=O) groups is 1. The summed E-state index contributed by atoms with van der Waals surface area (Å²) in [6.45, 7) is 5.67. The third kappa shape index (κ3) is 3.88. The van der Waals surface area contributed by atoms with Crippen molar-refractivity contribution in [1.82, 2.24) is 0 Å². The van der Waals surface area contributed by atoms with Gasteiger partial charge in [0, 0.05) is 28.2 Å². The van der Waals surface area contributed by atoms with Crippen LogP contribution in [0, 0.1) is 0 Å². The van der Waals surface area contributed by atoms with Gasteiger partial charge < -0.3 is 14.2 Å². The van der Waals surface area contributed by atoms with Crippen molar-refractivity contribution >= 4 is 18.9 Å². The van der Waals surface area contributed by atoms with E-state index in [9.17, 15) is 9.36 Å². The molecule has 0 saturated carbocycles. The summed E-state index contributed by atoms with van der Waals surface area (Å²) < 4.78 is 28.9. The Labute approximate surface area is 155 Å². The highest BCUT2D eigenvalue weighted by molar-refractivity contribution is 7.55. The van der Waals surface area contributed by atoms with Gasteiger partial charge >= 0.3 is 0 Å². The van der Waals surface area contributed by atoms with Crippen molar-refractivity contribution in [3.05, 3.63) is 47.5 Å². The first-order valence-corrected chi connectivity index (χ1v) is 9.41. The van der Waals surface area contributed by atoms with Crippen LogP contribution in [0.25, 0.3) is 0 Å². The molecule has 0 aromatic heterocycles. The highest BCUT2D eigenvalue weighted by Crippen LogP contribution is 2.40. The fourth-order valence-corrected chi connectivity index (χ4v) is 3.91. The number of carbonyl (C=O) groups excluding carboxylic acids is 1. The van der Waals surface area contributed by atoms with E-state index in [2.05, 4.69) is 0 Å². The van der Waals surface area contributed by atoms with Crippen LogP contribution in [-0.4, -0.2) is 32.3 Å². The van der Waals surface area contributed by atoms with E-state index in [1.165, 1.54) is 21.3 Å². The van der Waals surface area contributed by atoms with Gasteiger partial charge in [0.15, 0.2) is 0 Å². The molecule has 0 spiro atoms. The first kappa shape index (κ1) is 19.9. The first-order chi connectivity index (χ1) is 12.2. The van der Waals surface area contributed by atoms with Crippen molar-refractivity contribution in [1.29, 1.82) is 0 Å². The lowest BCUT2D eigenvalue weighted by atomic mass is 10.0. The predicted molar refractivity (Wildman–Crippen MR) is 103 cm³/mol. The maximum atomic E-state index is 13.3. The number of rotatable bonds is 6. The fraction of sp³-hybridized carbons (Fsp3) is 0.350. The van der Waals surface area contributed by atoms with Crippen molar-refractivity contribution in [3.63, 3.8) is 0 Å². The monoisotopic (exact) mass is 375 g/mol. The second-order valence-electron chi connectivity index (χ2n) is 6.72. The molecule has 2 rings (SSSR count). The highest BCUT2D eigenvalue weighted by Gasteiger charge is 2.29. The number of hydrogen-bond donors (Lipinski definition) is 0. The van der Waals surface area contributed by atoms with E-state index in [1.54, 1.807) is 36.4 Å². The Bertz CT molecular complexity index is 811. The molecule has 6 heteroatoms. The molecule has 2 aromatic carbocycles. The Morgan fingerprint density at radius 1 is 0.923 bits per heavy atom. The van der Waals surface area contributed by atoms with E-state index < -0.39 is 13.0 Å². The number of methoxy groups -OCH3 is 3. The van der Waals surface area contributed by atoms with E-state index in [4.69, 9.17) is 14.2 Å². The van der Waals surface area contributed by atoms with Gasteiger partial charge in [0.25, 0.3) is 0 Å². The zero-order valence-electron chi connectivity index (χ0n) is 16.0. The van der Waals surface area contributed by atoms with E-state index in [0.29, 0.717) is 28.1 Å². The lowest BCUT2D eigenvalue weighted by Crippen LogP contribution is -2.21. The molecule has 1 radical (unpaired) electrons. The second kappa shape index (κ2) is 7.88. The van der Waals surface area contributed by atoms with Gasteiger partial charge in [-0.15, -0.1) is 0 Å². The number of hydrogen-bond acceptors (Lipinski definition) is 5. The summed E-state index contributed by atoms with van der Waals surface area (Å²) in [5, 5.41) is 0.0692. The van der Waals surface area contributed by atoms with Gasteiger partial charge in [0.2, 0.25) is 5.78 Å². The molecule has 139 valence electrons. The van der Waals surface area contributed by atoms with Crippen LogP contribution >= 0.6 is 7.80 Å². The van der Waals surface area contributed by atoms with Gasteiger partial charge in [-0.2, -0.15) is 0 Å². The smallest absolute Gasteiger partial charge is 0.201 e. The Balaban J connectivity index is 2.67. The van der Waals surface area contributed by atoms with Gasteiger partial charge in [-0.3, -0.25) is 9.36 Å². The van der Waals surface area contributed by atoms with Crippen molar-refractivity contribution < 1.29 is 23.6 Å². The third-order valence-electron chi connectivity index (χ3n) is 3.92. The minimum absolute atomic E-state index is 0.278. The van der Waals surface area contributed by atoms with Crippen molar-refractivity contribution in [2.24, 2.45) is 0 Å². The van der Waals surface area contributed by atoms with Gasteiger partial charge in [-0.1, -0.05) is 12.1 Å². The van der Waals surface area contributed by atoms with Crippen LogP contribution in [-0.2, 0) is 4.57 Å². The average molecular weight is 375 g/mol. The van der Waals surface area contributed by atoms with Gasteiger partial charge in [-0.25, -0.2) is 0 Å². The summed E-state index contributed by atoms with van der Waals surface area (Å²) in [5.74, 6) is 0.896. The normalized spacial score (nSPS) is 11.7. The average Bonchev–Trinajstić information content (AvgIpc) is 2.64. The predicted octanol–water partition coefficient (Wildman–Crippen LogP) is 4.19. The molecule has 0 heterocycles. The molecule has 0 N–H and O–H groups in total. The van der Waals surface area contributed by atoms with Crippen LogP contribution in [0.15, 0.2) is 36.4 Å². The highest BCUT2D eigenvalue weighted by atomic mass is 31.1. The van der Waals surface area contributed by atoms with Crippen LogP contribution in [0.3, 0.4) is 0 Å². The molecule has 0 aliphatic rings. The van der Waals surface area contributed by atoms with E-state index in [0.717, 1.165) is 0 Å². The molecule has 1 atom stereocenters. The third-order valence-corrected chi connectivity index (χ3v) is 5.96.